The van der Waals surface area contributed by atoms with Gasteiger partial charge in [0.15, 0.2) is 11.5 Å². The molecule has 2 atom stereocenters. The lowest BCUT2D eigenvalue weighted by molar-refractivity contribution is 0.00441. The Hall–Kier alpha value is -2.87. The summed E-state index contributed by atoms with van der Waals surface area (Å²) in [5.41, 5.74) is 2.19. The van der Waals surface area contributed by atoms with Crippen LogP contribution in [0, 0.1) is 11.3 Å². The number of fused-ring (bicyclic) bond motifs is 2. The Morgan fingerprint density at radius 3 is 2.70 bits per heavy atom. The predicted octanol–water partition coefficient (Wildman–Crippen LogP) is 2.76. The van der Waals surface area contributed by atoms with Crippen molar-refractivity contribution in [3.05, 3.63) is 64.2 Å². The molecule has 4 heterocycles. The molecule has 5 rings (SSSR count). The van der Waals surface area contributed by atoms with Crippen LogP contribution in [0.5, 0.6) is 11.5 Å². The minimum absolute atomic E-state index is 0. The lowest BCUT2D eigenvalue weighted by Crippen LogP contribution is -2.53. The molecule has 0 radical (unpaired) electrons. The number of nitrogens with one attached hydrogen (secondary N) is 1. The Kier molecular flexibility index (Phi) is 10.1. The molecule has 1 aromatic carbocycles. The fraction of sp³-hybridized carbons (Fsp3) is 0.423. The number of halogens is 2. The summed E-state index contributed by atoms with van der Waals surface area (Å²) in [7, 11) is 1.74. The molecule has 0 bridgehead atoms. The summed E-state index contributed by atoms with van der Waals surface area (Å²) in [5, 5.41) is 13.8. The molecule has 1 saturated heterocycles. The zero-order chi connectivity index (χ0) is 24.2. The number of likely N-dealkylation sites (tertiary alicyclic amines) is 1. The number of benzene rings is 1. The van der Waals surface area contributed by atoms with Crippen LogP contribution >= 0.6 is 24.8 Å². The SMILES string of the molecule is CO[C@H]1CN(CCn2c(=O)ccc3ccc(C#N)cc32)CC[C@@H]1NCc1cc2c(cn1)OCCO2.Cl.Cl. The monoisotopic (exact) mass is 547 g/mol. The van der Waals surface area contributed by atoms with Crippen molar-refractivity contribution < 1.29 is 14.2 Å². The Balaban J connectivity index is 0.00000190. The number of methoxy groups -OCH3 is 1. The number of nitrogens with zero attached hydrogens (tertiary/aromatic N) is 4. The topological polar surface area (TPSA) is 102 Å². The molecule has 2 aliphatic heterocycles. The summed E-state index contributed by atoms with van der Waals surface area (Å²) in [6.07, 6.45) is 2.67. The number of rotatable bonds is 7. The van der Waals surface area contributed by atoms with E-state index in [9.17, 15) is 10.1 Å². The van der Waals surface area contributed by atoms with Crippen LogP contribution in [0.15, 0.2) is 47.4 Å². The van der Waals surface area contributed by atoms with Gasteiger partial charge in [-0.15, -0.1) is 24.8 Å². The Labute approximate surface area is 228 Å². The summed E-state index contributed by atoms with van der Waals surface area (Å²) >= 11 is 0. The van der Waals surface area contributed by atoms with Gasteiger partial charge in [0.25, 0.3) is 5.56 Å². The van der Waals surface area contributed by atoms with Crippen molar-refractivity contribution in [2.45, 2.75) is 31.7 Å². The van der Waals surface area contributed by atoms with E-state index in [1.54, 1.807) is 36.1 Å². The number of hydrogen-bond donors (Lipinski definition) is 1. The van der Waals surface area contributed by atoms with E-state index in [1.165, 1.54) is 0 Å². The molecule has 3 aromatic rings. The van der Waals surface area contributed by atoms with Crippen molar-refractivity contribution in [3.63, 3.8) is 0 Å². The van der Waals surface area contributed by atoms with Gasteiger partial charge in [0.2, 0.25) is 0 Å². The maximum atomic E-state index is 12.6. The standard InChI is InChI=1S/C26H29N5O4.2ClH/c1-33-25-17-30(8-9-31-22-12-18(14-27)2-3-19(22)4-5-26(31)32)7-6-21(25)29-15-20-13-23-24(16-28-20)35-11-10-34-23;;/h2-5,12-13,16,21,25,29H,6-11,15,17H2,1H3;2*1H/t21-,25-;;/m0../s1. The molecule has 1 fully saturated rings. The first-order valence-corrected chi connectivity index (χ1v) is 11.9. The average Bonchev–Trinajstić information content (AvgIpc) is 2.91. The number of pyridine rings is 2. The van der Waals surface area contributed by atoms with Gasteiger partial charge in [-0.1, -0.05) is 6.07 Å². The fourth-order valence-corrected chi connectivity index (χ4v) is 4.81. The molecule has 37 heavy (non-hydrogen) atoms. The average molecular weight is 548 g/mol. The highest BCUT2D eigenvalue weighted by Gasteiger charge is 2.29. The third-order valence-electron chi connectivity index (χ3n) is 6.74. The second-order valence-corrected chi connectivity index (χ2v) is 8.88. The van der Waals surface area contributed by atoms with Crippen LogP contribution in [0.1, 0.15) is 17.7 Å². The molecule has 0 spiro atoms. The zero-order valence-corrected chi connectivity index (χ0v) is 22.2. The predicted molar refractivity (Wildman–Crippen MR) is 145 cm³/mol. The largest absolute Gasteiger partial charge is 0.486 e. The molecule has 0 amide bonds. The molecule has 9 nitrogen and oxygen atoms in total. The first kappa shape index (κ1) is 28.7. The van der Waals surface area contributed by atoms with Gasteiger partial charge in [0, 0.05) is 51.5 Å². The van der Waals surface area contributed by atoms with Gasteiger partial charge in [-0.25, -0.2) is 0 Å². The maximum absolute atomic E-state index is 12.6. The molecule has 0 aliphatic carbocycles. The third-order valence-corrected chi connectivity index (χ3v) is 6.74. The van der Waals surface area contributed by atoms with Crippen molar-refractivity contribution in [2.24, 2.45) is 0 Å². The normalized spacial score (nSPS) is 18.9. The quantitative estimate of drug-likeness (QED) is 0.481. The van der Waals surface area contributed by atoms with Crippen molar-refractivity contribution >= 4 is 35.7 Å². The molecular formula is C26H31Cl2N5O4. The van der Waals surface area contributed by atoms with Crippen molar-refractivity contribution in [3.8, 4) is 17.6 Å². The molecule has 2 aliphatic rings. The Bertz CT molecular complexity index is 1310. The number of piperidine rings is 1. The first-order chi connectivity index (χ1) is 17.1. The van der Waals surface area contributed by atoms with E-state index in [-0.39, 0.29) is 42.5 Å². The number of nitriles is 1. The molecule has 11 heteroatoms. The maximum Gasteiger partial charge on any atom is 0.251 e. The molecule has 0 unspecified atom stereocenters. The van der Waals surface area contributed by atoms with E-state index in [2.05, 4.69) is 21.3 Å². The highest BCUT2D eigenvalue weighted by atomic mass is 35.5. The molecule has 2 aromatic heterocycles. The second-order valence-electron chi connectivity index (χ2n) is 8.88. The molecular weight excluding hydrogens is 517 g/mol. The Morgan fingerprint density at radius 2 is 1.92 bits per heavy atom. The smallest absolute Gasteiger partial charge is 0.251 e. The first-order valence-electron chi connectivity index (χ1n) is 11.9. The fourth-order valence-electron chi connectivity index (χ4n) is 4.81. The highest BCUT2D eigenvalue weighted by Crippen LogP contribution is 2.29. The van der Waals surface area contributed by atoms with Crippen LogP contribution in [-0.2, 0) is 17.8 Å². The van der Waals surface area contributed by atoms with E-state index in [0.29, 0.717) is 37.6 Å². The summed E-state index contributed by atoms with van der Waals surface area (Å²) < 4.78 is 18.8. The van der Waals surface area contributed by atoms with Crippen LogP contribution < -0.4 is 20.3 Å². The molecule has 1 N–H and O–H groups in total. The number of aromatic nitrogens is 2. The van der Waals surface area contributed by atoms with Crippen LogP contribution in [0.3, 0.4) is 0 Å². The zero-order valence-electron chi connectivity index (χ0n) is 20.6. The summed E-state index contributed by atoms with van der Waals surface area (Å²) in [5.74, 6) is 1.43. The van der Waals surface area contributed by atoms with E-state index < -0.39 is 0 Å². The van der Waals surface area contributed by atoms with Crippen LogP contribution in [0.25, 0.3) is 10.9 Å². The highest BCUT2D eigenvalue weighted by molar-refractivity contribution is 5.85. The van der Waals surface area contributed by atoms with Crippen molar-refractivity contribution in [1.82, 2.24) is 19.8 Å². The molecule has 0 saturated carbocycles. The van der Waals surface area contributed by atoms with Crippen molar-refractivity contribution in [2.75, 3.05) is 40.0 Å². The lowest BCUT2D eigenvalue weighted by Gasteiger charge is -2.38. The summed E-state index contributed by atoms with van der Waals surface area (Å²) in [6.45, 7) is 4.68. The third kappa shape index (κ3) is 6.53. The van der Waals surface area contributed by atoms with E-state index in [0.717, 1.165) is 48.4 Å². The van der Waals surface area contributed by atoms with Gasteiger partial charge in [-0.3, -0.25) is 14.7 Å². The van der Waals surface area contributed by atoms with E-state index >= 15 is 0 Å². The summed E-state index contributed by atoms with van der Waals surface area (Å²) in [4.78, 5) is 19.4. The number of hydrogen-bond acceptors (Lipinski definition) is 8. The summed E-state index contributed by atoms with van der Waals surface area (Å²) in [6, 6.07) is 13.1. The van der Waals surface area contributed by atoms with Gasteiger partial charge in [-0.05, 0) is 36.6 Å². The number of ether oxygens (including phenoxy) is 3. The van der Waals surface area contributed by atoms with Gasteiger partial charge in [-0.2, -0.15) is 5.26 Å². The second kappa shape index (κ2) is 13.1. The van der Waals surface area contributed by atoms with Gasteiger partial charge >= 0.3 is 0 Å². The van der Waals surface area contributed by atoms with Gasteiger partial charge < -0.3 is 24.1 Å². The lowest BCUT2D eigenvalue weighted by atomic mass is 10.0. The van der Waals surface area contributed by atoms with Gasteiger partial charge in [0.1, 0.15) is 13.2 Å². The van der Waals surface area contributed by atoms with Crippen LogP contribution in [0.2, 0.25) is 0 Å². The van der Waals surface area contributed by atoms with Crippen molar-refractivity contribution in [1.29, 1.82) is 5.26 Å². The van der Waals surface area contributed by atoms with Crippen LogP contribution in [-0.4, -0.2) is 66.6 Å². The van der Waals surface area contributed by atoms with Gasteiger partial charge in [0.05, 0.1) is 35.1 Å². The van der Waals surface area contributed by atoms with Crippen LogP contribution in [0.4, 0.5) is 0 Å². The van der Waals surface area contributed by atoms with E-state index in [4.69, 9.17) is 14.2 Å². The Morgan fingerprint density at radius 1 is 1.14 bits per heavy atom. The minimum atomic E-state index is -0.0561. The van der Waals surface area contributed by atoms with E-state index in [1.807, 2.05) is 18.2 Å². The minimum Gasteiger partial charge on any atom is -0.486 e. The molecule has 198 valence electrons.